The van der Waals surface area contributed by atoms with Crippen molar-refractivity contribution in [3.05, 3.63) is 75.7 Å². The highest BCUT2D eigenvalue weighted by molar-refractivity contribution is 7.17. The number of benzene rings is 2. The Balaban J connectivity index is 1.36. The standard InChI is InChI=1S/C30H33N3O6S/c1-5-38-30(36)26-24-15-6-18(2)16-25(24)40-29(26)32-28(35)21-9-13-23(14-10-21)39-19(3)27(34)33-31-17-20-7-11-22(37-4)12-8-20/h7-14,17-19H,5-6,15-16H2,1-4H3,(H,32,35)(H,33,34)/b31-17+. The third-order valence-corrected chi connectivity index (χ3v) is 7.69. The monoisotopic (exact) mass is 563 g/mol. The van der Waals surface area contributed by atoms with Gasteiger partial charge < -0.3 is 19.5 Å². The van der Waals surface area contributed by atoms with Gasteiger partial charge in [0.2, 0.25) is 0 Å². The summed E-state index contributed by atoms with van der Waals surface area (Å²) < 4.78 is 16.1. The lowest BCUT2D eigenvalue weighted by Gasteiger charge is -2.18. The Bertz CT molecular complexity index is 1380. The minimum absolute atomic E-state index is 0.264. The van der Waals surface area contributed by atoms with Gasteiger partial charge in [0.1, 0.15) is 16.5 Å². The number of rotatable bonds is 10. The number of esters is 1. The molecule has 210 valence electrons. The maximum Gasteiger partial charge on any atom is 0.341 e. The lowest BCUT2D eigenvalue weighted by Crippen LogP contribution is -2.33. The number of hydrogen-bond acceptors (Lipinski definition) is 8. The van der Waals surface area contributed by atoms with Gasteiger partial charge in [-0.05, 0) is 98.7 Å². The van der Waals surface area contributed by atoms with Crippen LogP contribution in [0, 0.1) is 5.92 Å². The number of hydrazone groups is 1. The van der Waals surface area contributed by atoms with Crippen LogP contribution in [0.5, 0.6) is 11.5 Å². The Kier molecular flexibility index (Phi) is 9.55. The van der Waals surface area contributed by atoms with Crippen LogP contribution in [0.3, 0.4) is 0 Å². The average Bonchev–Trinajstić information content (AvgIpc) is 3.30. The minimum atomic E-state index is -0.820. The Morgan fingerprint density at radius 1 is 1.10 bits per heavy atom. The van der Waals surface area contributed by atoms with E-state index in [2.05, 4.69) is 22.8 Å². The maximum absolute atomic E-state index is 13.1. The summed E-state index contributed by atoms with van der Waals surface area (Å²) in [4.78, 5) is 39.3. The molecule has 2 unspecified atom stereocenters. The number of nitrogens with one attached hydrogen (secondary N) is 2. The van der Waals surface area contributed by atoms with Crippen LogP contribution in [0.2, 0.25) is 0 Å². The molecule has 0 fully saturated rings. The zero-order valence-corrected chi connectivity index (χ0v) is 23.8. The second-order valence-electron chi connectivity index (χ2n) is 9.52. The molecule has 2 N–H and O–H groups in total. The third kappa shape index (κ3) is 7.06. The molecule has 1 aliphatic carbocycles. The number of amides is 2. The van der Waals surface area contributed by atoms with Crippen LogP contribution in [0.15, 0.2) is 53.6 Å². The number of carbonyl (C=O) groups excluding carboxylic acids is 3. The van der Waals surface area contributed by atoms with Gasteiger partial charge >= 0.3 is 5.97 Å². The van der Waals surface area contributed by atoms with E-state index in [9.17, 15) is 14.4 Å². The van der Waals surface area contributed by atoms with Crippen molar-refractivity contribution < 1.29 is 28.6 Å². The Labute approximate surface area is 237 Å². The molecule has 1 aromatic heterocycles. The molecule has 1 heterocycles. The van der Waals surface area contributed by atoms with Crippen LogP contribution < -0.4 is 20.2 Å². The Hall–Kier alpha value is -4.18. The van der Waals surface area contributed by atoms with Crippen LogP contribution in [0.4, 0.5) is 5.00 Å². The number of methoxy groups -OCH3 is 1. The number of nitrogens with zero attached hydrogens (tertiary/aromatic N) is 1. The van der Waals surface area contributed by atoms with Gasteiger partial charge in [-0.2, -0.15) is 5.10 Å². The van der Waals surface area contributed by atoms with Crippen molar-refractivity contribution in [2.75, 3.05) is 19.0 Å². The molecule has 0 bridgehead atoms. The van der Waals surface area contributed by atoms with Gasteiger partial charge in [-0.1, -0.05) is 6.92 Å². The van der Waals surface area contributed by atoms with Gasteiger partial charge in [0.15, 0.2) is 6.10 Å². The lowest BCUT2D eigenvalue weighted by molar-refractivity contribution is -0.127. The maximum atomic E-state index is 13.1. The van der Waals surface area contributed by atoms with Gasteiger partial charge in [-0.3, -0.25) is 9.59 Å². The molecular weight excluding hydrogens is 530 g/mol. The number of fused-ring (bicyclic) bond motifs is 1. The molecule has 0 saturated carbocycles. The molecule has 0 radical (unpaired) electrons. The van der Waals surface area contributed by atoms with Gasteiger partial charge in [-0.15, -0.1) is 11.3 Å². The normalized spacial score (nSPS) is 15.2. The number of anilines is 1. The summed E-state index contributed by atoms with van der Waals surface area (Å²) >= 11 is 1.45. The topological polar surface area (TPSA) is 115 Å². The van der Waals surface area contributed by atoms with Crippen molar-refractivity contribution in [3.8, 4) is 11.5 Å². The van der Waals surface area contributed by atoms with E-state index in [-0.39, 0.29) is 12.5 Å². The van der Waals surface area contributed by atoms with Gasteiger partial charge in [-0.25, -0.2) is 10.2 Å². The first-order valence-electron chi connectivity index (χ1n) is 13.2. The van der Waals surface area contributed by atoms with E-state index in [0.717, 1.165) is 41.0 Å². The largest absolute Gasteiger partial charge is 0.497 e. The predicted molar refractivity (Wildman–Crippen MR) is 155 cm³/mol. The molecule has 40 heavy (non-hydrogen) atoms. The summed E-state index contributed by atoms with van der Waals surface area (Å²) in [5, 5.41) is 7.39. The zero-order chi connectivity index (χ0) is 28.6. The molecule has 1 aliphatic rings. The predicted octanol–water partition coefficient (Wildman–Crippen LogP) is 5.23. The number of hydrogen-bond donors (Lipinski definition) is 2. The SMILES string of the molecule is CCOC(=O)c1c(NC(=O)c2ccc(OC(C)C(=O)N/N=C/c3ccc(OC)cc3)cc2)sc2c1CCC(C)C2. The summed E-state index contributed by atoms with van der Waals surface area (Å²) in [5.41, 5.74) is 5.11. The second-order valence-corrected chi connectivity index (χ2v) is 10.6. The average molecular weight is 564 g/mol. The fourth-order valence-electron chi connectivity index (χ4n) is 4.33. The molecule has 9 nitrogen and oxygen atoms in total. The smallest absolute Gasteiger partial charge is 0.341 e. The molecule has 0 aliphatic heterocycles. The van der Waals surface area contributed by atoms with Crippen molar-refractivity contribution >= 4 is 40.3 Å². The van der Waals surface area contributed by atoms with Crippen molar-refractivity contribution in [3.63, 3.8) is 0 Å². The number of thiophene rings is 1. The molecule has 2 amide bonds. The van der Waals surface area contributed by atoms with Crippen molar-refractivity contribution in [2.24, 2.45) is 11.0 Å². The highest BCUT2D eigenvalue weighted by atomic mass is 32.1. The van der Waals surface area contributed by atoms with E-state index in [1.807, 2.05) is 12.1 Å². The molecule has 0 saturated heterocycles. The highest BCUT2D eigenvalue weighted by Gasteiger charge is 2.29. The molecule has 2 atom stereocenters. The third-order valence-electron chi connectivity index (χ3n) is 6.52. The molecule has 2 aromatic carbocycles. The first-order chi connectivity index (χ1) is 19.3. The van der Waals surface area contributed by atoms with Crippen LogP contribution in [-0.4, -0.2) is 43.8 Å². The molecule has 10 heteroatoms. The van der Waals surface area contributed by atoms with E-state index < -0.39 is 18.0 Å². The summed E-state index contributed by atoms with van der Waals surface area (Å²) in [5.74, 6) is 0.506. The van der Waals surface area contributed by atoms with E-state index in [0.29, 0.717) is 27.8 Å². The minimum Gasteiger partial charge on any atom is -0.497 e. The van der Waals surface area contributed by atoms with Gasteiger partial charge in [0.05, 0.1) is 25.5 Å². The Morgan fingerprint density at radius 3 is 2.48 bits per heavy atom. The first kappa shape index (κ1) is 28.8. The summed E-state index contributed by atoms with van der Waals surface area (Å²) in [6, 6.07) is 13.7. The highest BCUT2D eigenvalue weighted by Crippen LogP contribution is 2.40. The van der Waals surface area contributed by atoms with Crippen LogP contribution in [0.1, 0.15) is 63.9 Å². The second kappa shape index (κ2) is 13.3. The summed E-state index contributed by atoms with van der Waals surface area (Å²) in [6.45, 7) is 5.82. The van der Waals surface area contributed by atoms with E-state index >= 15 is 0 Å². The van der Waals surface area contributed by atoms with Gasteiger partial charge in [0, 0.05) is 10.4 Å². The molecular formula is C30H33N3O6S. The number of carbonyl (C=O) groups is 3. The fraction of sp³-hybridized carbons (Fsp3) is 0.333. The van der Waals surface area contributed by atoms with Crippen LogP contribution in [-0.2, 0) is 22.4 Å². The van der Waals surface area contributed by atoms with Gasteiger partial charge in [0.25, 0.3) is 11.8 Å². The quantitative estimate of drug-likeness (QED) is 0.198. The van der Waals surface area contributed by atoms with Crippen molar-refractivity contribution in [1.82, 2.24) is 5.43 Å². The molecule has 0 spiro atoms. The zero-order valence-electron chi connectivity index (χ0n) is 23.0. The fourth-order valence-corrected chi connectivity index (χ4v) is 5.72. The van der Waals surface area contributed by atoms with E-state index in [1.165, 1.54) is 17.6 Å². The lowest BCUT2D eigenvalue weighted by atomic mass is 9.88. The molecule has 3 aromatic rings. The van der Waals surface area contributed by atoms with E-state index in [1.54, 1.807) is 57.4 Å². The van der Waals surface area contributed by atoms with Crippen molar-refractivity contribution in [2.45, 2.75) is 46.1 Å². The summed E-state index contributed by atoms with van der Waals surface area (Å²) in [6.07, 6.45) is 3.38. The summed E-state index contributed by atoms with van der Waals surface area (Å²) in [7, 11) is 1.59. The van der Waals surface area contributed by atoms with Crippen LogP contribution in [0.25, 0.3) is 0 Å². The number of ether oxygens (including phenoxy) is 3. The molecule has 4 rings (SSSR count). The van der Waals surface area contributed by atoms with E-state index in [4.69, 9.17) is 14.2 Å². The van der Waals surface area contributed by atoms with Crippen LogP contribution >= 0.6 is 11.3 Å². The Morgan fingerprint density at radius 2 is 1.80 bits per heavy atom. The first-order valence-corrected chi connectivity index (χ1v) is 14.0. The van der Waals surface area contributed by atoms with Crippen molar-refractivity contribution in [1.29, 1.82) is 0 Å².